The number of hydrogen-bond acceptors (Lipinski definition) is 4. The van der Waals surface area contributed by atoms with Crippen LogP contribution in [0.2, 0.25) is 0 Å². The molecule has 6 heteroatoms. The summed E-state index contributed by atoms with van der Waals surface area (Å²) in [5, 5.41) is 13.1. The molecule has 0 aromatic carbocycles. The molecule has 0 aromatic heterocycles. The highest BCUT2D eigenvalue weighted by molar-refractivity contribution is 6.05. The number of carboxylic acid groups (broad SMARTS) is 1. The fourth-order valence-corrected chi connectivity index (χ4v) is 1.07. The summed E-state index contributed by atoms with van der Waals surface area (Å²) in [6, 6.07) is -0.563. The molecule has 72 valence electrons. The number of carbonyl (C=O) groups excluding carboxylic acids is 2. The zero-order valence-electron chi connectivity index (χ0n) is 6.87. The first-order valence-electron chi connectivity index (χ1n) is 3.88. The van der Waals surface area contributed by atoms with Gasteiger partial charge in [0.05, 0.1) is 18.9 Å². The Morgan fingerprint density at radius 3 is 2.77 bits per heavy atom. The normalized spacial score (nSPS) is 21.7. The SMILES string of the molecule is O=C(O)CCNC1CC(=O)NC1=O. The Bertz CT molecular complexity index is 251. The highest BCUT2D eigenvalue weighted by Crippen LogP contribution is 2.00. The Kier molecular flexibility index (Phi) is 2.97. The standard InChI is InChI=1S/C7H10N2O4/c10-5-3-4(7(13)9-5)8-2-1-6(11)12/h4,8H,1-3H2,(H,11,12)(H,9,10,13). The molecule has 0 spiro atoms. The Labute approximate surface area is 74.3 Å². The van der Waals surface area contributed by atoms with Crippen LogP contribution in [0.3, 0.4) is 0 Å². The molecular formula is C7H10N2O4. The van der Waals surface area contributed by atoms with Crippen molar-refractivity contribution < 1.29 is 19.5 Å². The second kappa shape index (κ2) is 3.99. The summed E-state index contributed by atoms with van der Waals surface area (Å²) in [6.07, 6.45) is 0.0381. The lowest BCUT2D eigenvalue weighted by Crippen LogP contribution is -2.37. The maximum Gasteiger partial charge on any atom is 0.304 e. The van der Waals surface area contributed by atoms with Crippen molar-refractivity contribution in [3.8, 4) is 0 Å². The van der Waals surface area contributed by atoms with Crippen LogP contribution < -0.4 is 10.6 Å². The van der Waals surface area contributed by atoms with Crippen LogP contribution in [0.5, 0.6) is 0 Å². The predicted molar refractivity (Wildman–Crippen MR) is 41.8 cm³/mol. The molecule has 1 fully saturated rings. The molecule has 1 unspecified atom stereocenters. The first kappa shape index (κ1) is 9.66. The van der Waals surface area contributed by atoms with Gasteiger partial charge in [-0.15, -0.1) is 0 Å². The lowest BCUT2D eigenvalue weighted by Gasteiger charge is -2.06. The number of carboxylic acids is 1. The third-order valence-corrected chi connectivity index (χ3v) is 1.70. The molecule has 13 heavy (non-hydrogen) atoms. The molecule has 0 bridgehead atoms. The van der Waals surface area contributed by atoms with Gasteiger partial charge in [0.2, 0.25) is 11.8 Å². The van der Waals surface area contributed by atoms with Crippen LogP contribution in [0.1, 0.15) is 12.8 Å². The number of aliphatic carboxylic acids is 1. The van der Waals surface area contributed by atoms with Gasteiger partial charge < -0.3 is 10.4 Å². The summed E-state index contributed by atoms with van der Waals surface area (Å²) in [6.45, 7) is 0.195. The minimum Gasteiger partial charge on any atom is -0.481 e. The second-order valence-electron chi connectivity index (χ2n) is 2.77. The van der Waals surface area contributed by atoms with Crippen LogP contribution in [-0.2, 0) is 14.4 Å². The second-order valence-corrected chi connectivity index (χ2v) is 2.77. The van der Waals surface area contributed by atoms with E-state index < -0.39 is 12.0 Å². The third kappa shape index (κ3) is 2.83. The van der Waals surface area contributed by atoms with Gasteiger partial charge in [-0.3, -0.25) is 19.7 Å². The molecular weight excluding hydrogens is 176 g/mol. The molecule has 0 aliphatic carbocycles. The van der Waals surface area contributed by atoms with E-state index in [4.69, 9.17) is 5.11 Å². The van der Waals surface area contributed by atoms with Gasteiger partial charge in [0, 0.05) is 6.54 Å². The van der Waals surface area contributed by atoms with Gasteiger partial charge in [-0.25, -0.2) is 0 Å². The maximum atomic E-state index is 10.9. The van der Waals surface area contributed by atoms with Crippen LogP contribution in [0.25, 0.3) is 0 Å². The summed E-state index contributed by atoms with van der Waals surface area (Å²) < 4.78 is 0. The number of carbonyl (C=O) groups is 3. The Morgan fingerprint density at radius 2 is 2.31 bits per heavy atom. The Morgan fingerprint density at radius 1 is 1.62 bits per heavy atom. The van der Waals surface area contributed by atoms with Crippen LogP contribution in [0, 0.1) is 0 Å². The number of amides is 2. The smallest absolute Gasteiger partial charge is 0.304 e. The molecule has 6 nitrogen and oxygen atoms in total. The maximum absolute atomic E-state index is 10.9. The topological polar surface area (TPSA) is 95.5 Å². The fourth-order valence-electron chi connectivity index (χ4n) is 1.07. The number of hydrogen-bond donors (Lipinski definition) is 3. The van der Waals surface area contributed by atoms with Crippen molar-refractivity contribution >= 4 is 17.8 Å². The van der Waals surface area contributed by atoms with Crippen molar-refractivity contribution in [2.75, 3.05) is 6.54 Å². The minimum atomic E-state index is -0.933. The van der Waals surface area contributed by atoms with Crippen molar-refractivity contribution in [1.82, 2.24) is 10.6 Å². The summed E-state index contributed by atoms with van der Waals surface area (Å²) in [4.78, 5) is 31.7. The van der Waals surface area contributed by atoms with Gasteiger partial charge in [0.1, 0.15) is 0 Å². The number of nitrogens with one attached hydrogen (secondary N) is 2. The minimum absolute atomic E-state index is 0.0576. The molecule has 0 aromatic rings. The van der Waals surface area contributed by atoms with E-state index in [0.717, 1.165) is 0 Å². The fraction of sp³-hybridized carbons (Fsp3) is 0.571. The van der Waals surface area contributed by atoms with Gasteiger partial charge in [-0.05, 0) is 0 Å². The van der Waals surface area contributed by atoms with Gasteiger partial charge in [0.15, 0.2) is 0 Å². The van der Waals surface area contributed by atoms with Crippen molar-refractivity contribution in [1.29, 1.82) is 0 Å². The molecule has 1 aliphatic rings. The van der Waals surface area contributed by atoms with Gasteiger partial charge >= 0.3 is 5.97 Å². The van der Waals surface area contributed by atoms with E-state index in [0.29, 0.717) is 0 Å². The summed E-state index contributed by atoms with van der Waals surface area (Å²) in [5.74, 6) is -1.63. The van der Waals surface area contributed by atoms with Crippen molar-refractivity contribution in [3.05, 3.63) is 0 Å². The molecule has 0 radical (unpaired) electrons. The monoisotopic (exact) mass is 186 g/mol. The van der Waals surface area contributed by atoms with E-state index in [1.807, 2.05) is 0 Å². The Hall–Kier alpha value is -1.43. The lowest BCUT2D eigenvalue weighted by atomic mass is 10.2. The summed E-state index contributed by atoms with van der Waals surface area (Å²) in [7, 11) is 0. The van der Waals surface area contributed by atoms with Crippen LogP contribution in [-0.4, -0.2) is 35.5 Å². The van der Waals surface area contributed by atoms with Gasteiger partial charge in [-0.1, -0.05) is 0 Å². The molecule has 2 amide bonds. The number of imide groups is 1. The van der Waals surface area contributed by atoms with Gasteiger partial charge in [0.25, 0.3) is 0 Å². The van der Waals surface area contributed by atoms with Crippen molar-refractivity contribution in [2.24, 2.45) is 0 Å². The predicted octanol–water partition coefficient (Wildman–Crippen LogP) is -1.53. The zero-order chi connectivity index (χ0) is 9.84. The molecule has 0 saturated carbocycles. The average Bonchev–Trinajstić information content (AvgIpc) is 2.29. The lowest BCUT2D eigenvalue weighted by molar-refractivity contribution is -0.137. The first-order valence-corrected chi connectivity index (χ1v) is 3.88. The van der Waals surface area contributed by atoms with Crippen LogP contribution >= 0.6 is 0 Å². The van der Waals surface area contributed by atoms with Gasteiger partial charge in [-0.2, -0.15) is 0 Å². The van der Waals surface area contributed by atoms with Crippen molar-refractivity contribution in [3.63, 3.8) is 0 Å². The number of rotatable bonds is 4. The largest absolute Gasteiger partial charge is 0.481 e. The molecule has 1 aliphatic heterocycles. The highest BCUT2D eigenvalue weighted by atomic mass is 16.4. The van der Waals surface area contributed by atoms with Crippen LogP contribution in [0.15, 0.2) is 0 Å². The van der Waals surface area contributed by atoms with E-state index >= 15 is 0 Å². The quantitative estimate of drug-likeness (QED) is 0.463. The molecule has 1 atom stereocenters. The van der Waals surface area contributed by atoms with E-state index in [2.05, 4.69) is 10.6 Å². The van der Waals surface area contributed by atoms with Crippen LogP contribution in [0.4, 0.5) is 0 Å². The van der Waals surface area contributed by atoms with E-state index in [-0.39, 0.29) is 31.2 Å². The molecule has 1 saturated heterocycles. The average molecular weight is 186 g/mol. The Balaban J connectivity index is 2.26. The molecule has 3 N–H and O–H groups in total. The molecule has 1 rings (SSSR count). The summed E-state index contributed by atoms with van der Waals surface area (Å²) in [5.41, 5.74) is 0. The summed E-state index contributed by atoms with van der Waals surface area (Å²) >= 11 is 0. The first-order chi connectivity index (χ1) is 6.09. The van der Waals surface area contributed by atoms with Crippen molar-refractivity contribution in [2.45, 2.75) is 18.9 Å². The highest BCUT2D eigenvalue weighted by Gasteiger charge is 2.29. The zero-order valence-corrected chi connectivity index (χ0v) is 6.87. The third-order valence-electron chi connectivity index (χ3n) is 1.70. The van der Waals surface area contributed by atoms with E-state index in [1.165, 1.54) is 0 Å². The van der Waals surface area contributed by atoms with E-state index in [1.54, 1.807) is 0 Å². The molecule has 1 heterocycles. The van der Waals surface area contributed by atoms with E-state index in [9.17, 15) is 14.4 Å².